The number of alkyl halides is 1. The monoisotopic (exact) mass is 591 g/mol. The Bertz CT molecular complexity index is 1350. The van der Waals surface area contributed by atoms with Gasteiger partial charge in [0.25, 0.3) is 0 Å². The van der Waals surface area contributed by atoms with Crippen molar-refractivity contribution in [3.63, 3.8) is 0 Å². The summed E-state index contributed by atoms with van der Waals surface area (Å²) in [6.45, 7) is 9.03. The van der Waals surface area contributed by atoms with Crippen LogP contribution in [-0.2, 0) is 11.3 Å². The summed E-state index contributed by atoms with van der Waals surface area (Å²) >= 11 is 0. The Labute approximate surface area is 243 Å². The van der Waals surface area contributed by atoms with E-state index in [1.807, 2.05) is 27.7 Å². The number of allylic oxidation sites excluding steroid dienone is 4. The molecule has 2 fully saturated rings. The normalized spacial score (nSPS) is 26.9. The zero-order valence-corrected chi connectivity index (χ0v) is 24.4. The van der Waals surface area contributed by atoms with Crippen LogP contribution >= 0.6 is 0 Å². The molecule has 1 aliphatic carbocycles. The van der Waals surface area contributed by atoms with Gasteiger partial charge in [-0.3, -0.25) is 0 Å². The summed E-state index contributed by atoms with van der Waals surface area (Å²) in [6.07, 6.45) is 4.02. The predicted octanol–water partition coefficient (Wildman–Crippen LogP) is 5.68. The van der Waals surface area contributed by atoms with E-state index >= 15 is 0 Å². The van der Waals surface area contributed by atoms with Crippen molar-refractivity contribution in [3.05, 3.63) is 64.6 Å². The van der Waals surface area contributed by atoms with Gasteiger partial charge < -0.3 is 10.1 Å². The number of hydrogen-bond donors (Lipinski definition) is 1. The summed E-state index contributed by atoms with van der Waals surface area (Å²) in [7, 11) is 0. The highest BCUT2D eigenvalue weighted by Crippen LogP contribution is 2.41. The molecule has 0 amide bonds. The Balaban J connectivity index is 1.64. The van der Waals surface area contributed by atoms with Crippen LogP contribution in [-0.4, -0.2) is 63.3 Å². The molecule has 0 radical (unpaired) electrons. The lowest BCUT2D eigenvalue weighted by atomic mass is 9.84. The third-order valence-corrected chi connectivity index (χ3v) is 8.31. The molecule has 6 atom stereocenters. The minimum Gasteiger partial charge on any atom is -0.316 e. The number of aromatic nitrogens is 3. The molecular weight excluding hydrogens is 552 g/mol. The maximum atomic E-state index is 15.0. The number of nitrogens with one attached hydrogen (secondary N) is 1. The molecule has 2 aliphatic heterocycles. The van der Waals surface area contributed by atoms with Crippen LogP contribution in [0.15, 0.2) is 42.3 Å². The van der Waals surface area contributed by atoms with Gasteiger partial charge >= 0.3 is 6.23 Å². The number of halogens is 4. The predicted molar refractivity (Wildman–Crippen MR) is 149 cm³/mol. The Morgan fingerprint density at radius 1 is 1.24 bits per heavy atom. The summed E-state index contributed by atoms with van der Waals surface area (Å²) < 4.78 is 65.7. The third kappa shape index (κ3) is 6.44. The number of benzene rings is 1. The van der Waals surface area contributed by atoms with Gasteiger partial charge in [0.05, 0.1) is 30.2 Å². The SMILES string of the molecule is CC1C=CC(F)=CC1Cn1nc(-c2cc(F)ccc2F)nc1C(N(CC1CNCC1F)[N+](=O)C1CCCO1)C(C)(C)C. The van der Waals surface area contributed by atoms with Gasteiger partial charge in [-0.1, -0.05) is 33.8 Å². The largest absolute Gasteiger partial charge is 0.337 e. The molecule has 1 N–H and O–H groups in total. The lowest BCUT2D eigenvalue weighted by Gasteiger charge is -2.36. The molecule has 2 saturated heterocycles. The Kier molecular flexibility index (Phi) is 8.84. The van der Waals surface area contributed by atoms with Crippen molar-refractivity contribution in [1.29, 1.82) is 0 Å². The molecule has 1 aromatic carbocycles. The Morgan fingerprint density at radius 2 is 2.02 bits per heavy atom. The summed E-state index contributed by atoms with van der Waals surface area (Å²) in [6, 6.07) is 2.28. The van der Waals surface area contributed by atoms with Crippen LogP contribution in [0.25, 0.3) is 11.4 Å². The van der Waals surface area contributed by atoms with E-state index < -0.39 is 41.4 Å². The van der Waals surface area contributed by atoms with E-state index in [-0.39, 0.29) is 48.7 Å². The molecule has 42 heavy (non-hydrogen) atoms. The van der Waals surface area contributed by atoms with Crippen molar-refractivity contribution in [2.45, 2.75) is 65.5 Å². The fourth-order valence-corrected chi connectivity index (χ4v) is 5.98. The van der Waals surface area contributed by atoms with Crippen LogP contribution in [0.2, 0.25) is 0 Å². The first kappa shape index (κ1) is 30.3. The van der Waals surface area contributed by atoms with Crippen LogP contribution in [0.4, 0.5) is 17.6 Å². The number of nitroso groups, excluding NO2 is 1. The maximum absolute atomic E-state index is 15.0. The maximum Gasteiger partial charge on any atom is 0.337 e. The molecule has 8 nitrogen and oxygen atoms in total. The first-order chi connectivity index (χ1) is 19.9. The van der Waals surface area contributed by atoms with Gasteiger partial charge in [0.15, 0.2) is 22.6 Å². The zero-order valence-electron chi connectivity index (χ0n) is 24.4. The van der Waals surface area contributed by atoms with E-state index in [1.165, 1.54) is 12.2 Å². The van der Waals surface area contributed by atoms with E-state index in [4.69, 9.17) is 9.72 Å². The van der Waals surface area contributed by atoms with E-state index in [2.05, 4.69) is 10.4 Å². The number of nitrogens with zero attached hydrogens (tertiary/aromatic N) is 5. The van der Waals surface area contributed by atoms with Crippen LogP contribution in [0, 0.1) is 39.7 Å². The molecule has 0 spiro atoms. The van der Waals surface area contributed by atoms with Crippen LogP contribution in [0.3, 0.4) is 0 Å². The van der Waals surface area contributed by atoms with Gasteiger partial charge in [-0.2, -0.15) is 5.10 Å². The van der Waals surface area contributed by atoms with E-state index in [1.54, 1.807) is 15.8 Å². The summed E-state index contributed by atoms with van der Waals surface area (Å²) in [5.41, 5.74) is -0.796. The van der Waals surface area contributed by atoms with E-state index in [0.717, 1.165) is 29.5 Å². The average molecular weight is 592 g/mol. The Morgan fingerprint density at radius 3 is 2.69 bits per heavy atom. The van der Waals surface area contributed by atoms with Gasteiger partial charge in [0.1, 0.15) is 23.6 Å². The van der Waals surface area contributed by atoms with E-state index in [9.17, 15) is 22.5 Å². The van der Waals surface area contributed by atoms with Crippen molar-refractivity contribution in [1.82, 2.24) is 25.1 Å². The average Bonchev–Trinajstić information content (AvgIpc) is 3.69. The number of hydrogen-bond acceptors (Lipinski definition) is 5. The highest BCUT2D eigenvalue weighted by molar-refractivity contribution is 5.55. The second-order valence-corrected chi connectivity index (χ2v) is 12.6. The van der Waals surface area contributed by atoms with Gasteiger partial charge in [-0.25, -0.2) is 27.2 Å². The minimum atomic E-state index is -1.15. The first-order valence-corrected chi connectivity index (χ1v) is 14.6. The first-order valence-electron chi connectivity index (χ1n) is 14.6. The highest BCUT2D eigenvalue weighted by atomic mass is 19.1. The second-order valence-electron chi connectivity index (χ2n) is 12.6. The minimum absolute atomic E-state index is 0.0418. The molecule has 3 heterocycles. The molecule has 6 unspecified atom stereocenters. The lowest BCUT2D eigenvalue weighted by molar-refractivity contribution is -0.772. The van der Waals surface area contributed by atoms with Crippen LogP contribution in [0.5, 0.6) is 0 Å². The van der Waals surface area contributed by atoms with Crippen molar-refractivity contribution in [2.24, 2.45) is 23.2 Å². The zero-order chi connectivity index (χ0) is 30.2. The van der Waals surface area contributed by atoms with Gasteiger partial charge in [-0.05, 0) is 48.1 Å². The van der Waals surface area contributed by atoms with E-state index in [0.29, 0.717) is 25.4 Å². The molecular formula is C30H39F4N6O2+. The van der Waals surface area contributed by atoms with Crippen molar-refractivity contribution in [2.75, 3.05) is 26.2 Å². The molecule has 0 saturated carbocycles. The van der Waals surface area contributed by atoms with Crippen LogP contribution in [0.1, 0.15) is 52.4 Å². The fraction of sp³-hybridized carbons (Fsp3) is 0.600. The number of ether oxygens (including phenoxy) is 1. The topological polar surface area (TPSA) is 75.3 Å². The second kappa shape index (κ2) is 12.2. The number of hydrazine groups is 1. The quantitative estimate of drug-likeness (QED) is 0.230. The molecule has 228 valence electrons. The van der Waals surface area contributed by atoms with Crippen molar-refractivity contribution < 1.29 is 27.2 Å². The molecule has 12 heteroatoms. The van der Waals surface area contributed by atoms with Gasteiger partial charge in [0, 0.05) is 31.3 Å². The summed E-state index contributed by atoms with van der Waals surface area (Å²) in [5.74, 6) is -2.29. The number of rotatable bonds is 9. The molecule has 2 aromatic rings. The standard InChI is InChI=1S/C30H39F4N6O2/c1-18-7-8-21(31)12-19(18)16-38-29(36-28(37-38)23-13-22(32)9-10-24(23)33)27(30(2,3)4)39(17-20-14-35-15-25(20)34)40(41)26-6-5-11-42-26/h7-10,12-13,18-20,25-27,35H,5-6,11,14-17H2,1-4H3/q+1. The molecule has 1 aromatic heterocycles. The summed E-state index contributed by atoms with van der Waals surface area (Å²) in [5, 5.41) is 9.23. The highest BCUT2D eigenvalue weighted by Gasteiger charge is 2.49. The summed E-state index contributed by atoms with van der Waals surface area (Å²) in [4.78, 5) is 19.5. The molecule has 0 bridgehead atoms. The Hall–Kier alpha value is -3.12. The van der Waals surface area contributed by atoms with Gasteiger partial charge in [-0.15, -0.1) is 5.01 Å². The van der Waals surface area contributed by atoms with Gasteiger partial charge in [0.2, 0.25) is 0 Å². The molecule has 3 aliphatic rings. The fourth-order valence-electron chi connectivity index (χ4n) is 5.98. The van der Waals surface area contributed by atoms with Crippen molar-refractivity contribution >= 4 is 0 Å². The smallest absolute Gasteiger partial charge is 0.316 e. The van der Waals surface area contributed by atoms with Crippen LogP contribution < -0.4 is 5.32 Å². The van der Waals surface area contributed by atoms with Crippen molar-refractivity contribution in [3.8, 4) is 11.4 Å². The lowest BCUT2D eigenvalue weighted by Crippen LogP contribution is -2.50. The third-order valence-electron chi connectivity index (χ3n) is 8.31. The molecule has 5 rings (SSSR count).